The Morgan fingerprint density at radius 1 is 0.906 bits per heavy atom. The molecule has 3 unspecified atom stereocenters. The standard InChI is InChI=1S/C26H46O5S/c1-6-9-14-20(7-2)19-22-24(32-22)21(27)15-11-10-12-17-30-23(28)16-13-18-31-25(29)26(4,5)8-3/h20,22,24H,6-19H2,1-5H3. The maximum atomic E-state index is 12.4. The first-order valence-electron chi connectivity index (χ1n) is 12.8. The van der Waals surface area contributed by atoms with Gasteiger partial charge >= 0.3 is 11.9 Å². The summed E-state index contributed by atoms with van der Waals surface area (Å²) in [5, 5.41) is 0.790. The molecule has 0 aromatic rings. The summed E-state index contributed by atoms with van der Waals surface area (Å²) in [5.41, 5.74) is -0.479. The lowest BCUT2D eigenvalue weighted by molar-refractivity contribution is -0.155. The Bertz CT molecular complexity index is 575. The molecule has 1 aliphatic rings. The first kappa shape index (κ1) is 29.0. The number of esters is 2. The molecule has 1 heterocycles. The molecule has 0 bridgehead atoms. The van der Waals surface area contributed by atoms with E-state index in [4.69, 9.17) is 9.47 Å². The van der Waals surface area contributed by atoms with Crippen LogP contribution in [0.3, 0.4) is 0 Å². The molecule has 0 saturated carbocycles. The summed E-state index contributed by atoms with van der Waals surface area (Å²) < 4.78 is 10.5. The van der Waals surface area contributed by atoms with E-state index in [9.17, 15) is 14.4 Å². The van der Waals surface area contributed by atoms with Gasteiger partial charge in [-0.25, -0.2) is 0 Å². The van der Waals surface area contributed by atoms with Crippen molar-refractivity contribution in [1.82, 2.24) is 0 Å². The molecule has 1 fully saturated rings. The highest BCUT2D eigenvalue weighted by Crippen LogP contribution is 2.47. The Kier molecular flexibility index (Phi) is 14.3. The summed E-state index contributed by atoms with van der Waals surface area (Å²) in [7, 11) is 0. The fraction of sp³-hybridized carbons (Fsp3) is 0.885. The van der Waals surface area contributed by atoms with Crippen LogP contribution in [-0.2, 0) is 23.9 Å². The second-order valence-electron chi connectivity index (χ2n) is 9.72. The lowest BCUT2D eigenvalue weighted by Gasteiger charge is -2.20. The summed E-state index contributed by atoms with van der Waals surface area (Å²) in [4.78, 5) is 36.0. The van der Waals surface area contributed by atoms with Crippen LogP contribution in [0.5, 0.6) is 0 Å². The van der Waals surface area contributed by atoms with Gasteiger partial charge in [-0.2, -0.15) is 0 Å². The molecule has 0 N–H and O–H groups in total. The maximum absolute atomic E-state index is 12.4. The van der Waals surface area contributed by atoms with E-state index >= 15 is 0 Å². The Morgan fingerprint density at radius 2 is 1.62 bits per heavy atom. The molecule has 6 heteroatoms. The minimum atomic E-state index is -0.479. The predicted molar refractivity (Wildman–Crippen MR) is 132 cm³/mol. The third-order valence-corrected chi connectivity index (χ3v) is 7.92. The van der Waals surface area contributed by atoms with Crippen molar-refractivity contribution in [1.29, 1.82) is 0 Å². The number of unbranched alkanes of at least 4 members (excludes halogenated alkanes) is 3. The Labute approximate surface area is 200 Å². The first-order valence-corrected chi connectivity index (χ1v) is 13.7. The largest absolute Gasteiger partial charge is 0.466 e. The molecule has 1 aliphatic heterocycles. The van der Waals surface area contributed by atoms with Gasteiger partial charge in [0.05, 0.1) is 23.9 Å². The second-order valence-corrected chi connectivity index (χ2v) is 11.1. The van der Waals surface area contributed by atoms with Gasteiger partial charge in [-0.15, -0.1) is 11.8 Å². The summed E-state index contributed by atoms with van der Waals surface area (Å²) in [6, 6.07) is 0. The zero-order valence-electron chi connectivity index (χ0n) is 21.1. The van der Waals surface area contributed by atoms with Crippen molar-refractivity contribution in [3.63, 3.8) is 0 Å². The van der Waals surface area contributed by atoms with Crippen LogP contribution in [-0.4, -0.2) is 41.4 Å². The molecule has 0 aromatic heterocycles. The van der Waals surface area contributed by atoms with Crippen molar-refractivity contribution >= 4 is 29.5 Å². The van der Waals surface area contributed by atoms with Gasteiger partial charge in [0.15, 0.2) is 0 Å². The van der Waals surface area contributed by atoms with Crippen molar-refractivity contribution in [2.45, 2.75) is 122 Å². The van der Waals surface area contributed by atoms with Crippen molar-refractivity contribution < 1.29 is 23.9 Å². The fourth-order valence-electron chi connectivity index (χ4n) is 3.61. The van der Waals surface area contributed by atoms with Gasteiger partial charge in [0.25, 0.3) is 0 Å². The van der Waals surface area contributed by atoms with E-state index in [1.807, 2.05) is 32.5 Å². The van der Waals surface area contributed by atoms with Crippen molar-refractivity contribution in [2.75, 3.05) is 13.2 Å². The van der Waals surface area contributed by atoms with E-state index < -0.39 is 5.41 Å². The van der Waals surface area contributed by atoms with Crippen molar-refractivity contribution in [3.8, 4) is 0 Å². The third kappa shape index (κ3) is 11.7. The molecule has 186 valence electrons. The number of hydrogen-bond donors (Lipinski definition) is 0. The molecule has 32 heavy (non-hydrogen) atoms. The number of rotatable bonds is 19. The quantitative estimate of drug-likeness (QED) is 0.122. The third-order valence-electron chi connectivity index (χ3n) is 6.53. The molecule has 0 radical (unpaired) electrons. The number of Topliss-reactive ketones (excluding diaryl/α,β-unsaturated/α-hetero) is 1. The van der Waals surface area contributed by atoms with Crippen LogP contribution < -0.4 is 0 Å². The molecule has 0 aromatic carbocycles. The monoisotopic (exact) mass is 470 g/mol. The van der Waals surface area contributed by atoms with E-state index in [0.29, 0.717) is 30.5 Å². The smallest absolute Gasteiger partial charge is 0.311 e. The molecule has 1 saturated heterocycles. The van der Waals surface area contributed by atoms with Crippen molar-refractivity contribution in [2.24, 2.45) is 11.3 Å². The van der Waals surface area contributed by atoms with Crippen LogP contribution in [0, 0.1) is 11.3 Å². The Morgan fingerprint density at radius 3 is 2.28 bits per heavy atom. The lowest BCUT2D eigenvalue weighted by atomic mass is 9.91. The summed E-state index contributed by atoms with van der Waals surface area (Å²) >= 11 is 1.86. The topological polar surface area (TPSA) is 69.7 Å². The van der Waals surface area contributed by atoms with Gasteiger partial charge in [-0.3, -0.25) is 14.4 Å². The van der Waals surface area contributed by atoms with Crippen LogP contribution >= 0.6 is 11.8 Å². The molecule has 3 atom stereocenters. The molecular formula is C26H46O5S. The minimum Gasteiger partial charge on any atom is -0.466 e. The highest BCUT2D eigenvalue weighted by molar-refractivity contribution is 8.08. The van der Waals surface area contributed by atoms with E-state index in [1.165, 1.54) is 32.1 Å². The molecule has 0 spiro atoms. The molecule has 0 amide bonds. The van der Waals surface area contributed by atoms with E-state index in [2.05, 4.69) is 13.8 Å². The van der Waals surface area contributed by atoms with Gasteiger partial charge in [0.2, 0.25) is 0 Å². The minimum absolute atomic E-state index is 0.222. The number of thioether (sulfide) groups is 1. The summed E-state index contributed by atoms with van der Waals surface area (Å²) in [6.45, 7) is 10.8. The van der Waals surface area contributed by atoms with Gasteiger partial charge in [0.1, 0.15) is 5.78 Å². The SMILES string of the molecule is CCCCC(CC)CC1SC1C(=O)CCCCCOC(=O)CCCOC(=O)C(C)(C)CC. The number of hydrogen-bond acceptors (Lipinski definition) is 6. The van der Waals surface area contributed by atoms with Crippen LogP contribution in [0.1, 0.15) is 112 Å². The predicted octanol–water partition coefficient (Wildman–Crippen LogP) is 6.51. The van der Waals surface area contributed by atoms with E-state index in [0.717, 1.165) is 31.6 Å². The summed E-state index contributed by atoms with van der Waals surface area (Å²) in [5.74, 6) is 0.705. The van der Waals surface area contributed by atoms with Crippen LogP contribution in [0.4, 0.5) is 0 Å². The zero-order valence-corrected chi connectivity index (χ0v) is 21.9. The van der Waals surface area contributed by atoms with E-state index in [-0.39, 0.29) is 30.2 Å². The van der Waals surface area contributed by atoms with Crippen LogP contribution in [0.25, 0.3) is 0 Å². The van der Waals surface area contributed by atoms with Gasteiger partial charge in [0, 0.05) is 18.1 Å². The number of ketones is 1. The van der Waals surface area contributed by atoms with Crippen molar-refractivity contribution in [3.05, 3.63) is 0 Å². The molecule has 0 aliphatic carbocycles. The van der Waals surface area contributed by atoms with Crippen LogP contribution in [0.2, 0.25) is 0 Å². The first-order chi connectivity index (χ1) is 15.2. The normalized spacial score (nSPS) is 18.8. The average molecular weight is 471 g/mol. The lowest BCUT2D eigenvalue weighted by Crippen LogP contribution is -2.26. The Hall–Kier alpha value is -1.04. The number of ether oxygens (including phenoxy) is 2. The zero-order chi connectivity index (χ0) is 24.0. The van der Waals surface area contributed by atoms with Gasteiger partial charge in [-0.05, 0) is 58.3 Å². The number of carbonyl (C=O) groups is 3. The summed E-state index contributed by atoms with van der Waals surface area (Å²) in [6.07, 6.45) is 10.9. The van der Waals surface area contributed by atoms with Crippen LogP contribution in [0.15, 0.2) is 0 Å². The average Bonchev–Trinajstić information content (AvgIpc) is 3.55. The highest BCUT2D eigenvalue weighted by atomic mass is 32.2. The number of carbonyl (C=O) groups excluding carboxylic acids is 3. The second kappa shape index (κ2) is 15.7. The maximum Gasteiger partial charge on any atom is 0.311 e. The fourth-order valence-corrected chi connectivity index (χ4v) is 4.82. The molecular weight excluding hydrogens is 424 g/mol. The van der Waals surface area contributed by atoms with E-state index in [1.54, 1.807) is 0 Å². The molecule has 5 nitrogen and oxygen atoms in total. The van der Waals surface area contributed by atoms with Gasteiger partial charge in [-0.1, -0.05) is 46.5 Å². The Balaban J connectivity index is 2.00. The van der Waals surface area contributed by atoms with Gasteiger partial charge < -0.3 is 9.47 Å². The highest BCUT2D eigenvalue weighted by Gasteiger charge is 2.43. The molecule has 1 rings (SSSR count).